The average Bonchev–Trinajstić information content (AvgIpc) is 2.37. The van der Waals surface area contributed by atoms with E-state index in [1.54, 1.807) is 5.56 Å². The third kappa shape index (κ3) is 1.71. The molecule has 1 aromatic rings. The van der Waals surface area contributed by atoms with Crippen LogP contribution in [-0.2, 0) is 5.41 Å². The molecule has 0 aromatic heterocycles. The summed E-state index contributed by atoms with van der Waals surface area (Å²) in [5.41, 5.74) is 10.2. The zero-order valence-corrected chi connectivity index (χ0v) is 12.0. The minimum Gasteiger partial charge on any atom is -0.330 e. The molecule has 1 heteroatoms. The molecular formula is C18H25N. The molecule has 0 spiro atoms. The third-order valence-electron chi connectivity index (χ3n) is 6.25. The minimum atomic E-state index is 0.468. The van der Waals surface area contributed by atoms with Gasteiger partial charge in [-0.15, -0.1) is 0 Å². The van der Waals surface area contributed by atoms with Crippen LogP contribution in [0, 0.1) is 24.2 Å². The maximum absolute atomic E-state index is 6.19. The first-order valence-corrected chi connectivity index (χ1v) is 7.90. The summed E-state index contributed by atoms with van der Waals surface area (Å²) in [6.07, 6.45) is 8.51. The molecule has 5 rings (SSSR count). The van der Waals surface area contributed by atoms with E-state index in [1.165, 1.54) is 44.1 Å². The summed E-state index contributed by atoms with van der Waals surface area (Å²) >= 11 is 0. The molecule has 1 nitrogen and oxygen atoms in total. The Hall–Kier alpha value is -0.820. The molecule has 4 bridgehead atoms. The lowest BCUT2D eigenvalue weighted by molar-refractivity contribution is -0.0667. The number of aryl methyl sites for hydroxylation is 1. The summed E-state index contributed by atoms with van der Waals surface area (Å²) in [4.78, 5) is 0. The summed E-state index contributed by atoms with van der Waals surface area (Å²) < 4.78 is 0. The molecule has 0 radical (unpaired) electrons. The first-order valence-electron chi connectivity index (χ1n) is 7.90. The second-order valence-electron chi connectivity index (χ2n) is 7.81. The fourth-order valence-corrected chi connectivity index (χ4v) is 6.00. The lowest BCUT2D eigenvalue weighted by Crippen LogP contribution is -2.56. The summed E-state index contributed by atoms with van der Waals surface area (Å²) in [6, 6.07) is 9.29. The summed E-state index contributed by atoms with van der Waals surface area (Å²) in [6.45, 7) is 3.14. The summed E-state index contributed by atoms with van der Waals surface area (Å²) in [5, 5.41) is 0. The van der Waals surface area contributed by atoms with E-state index in [0.717, 1.165) is 18.4 Å². The van der Waals surface area contributed by atoms with E-state index in [-0.39, 0.29) is 0 Å². The summed E-state index contributed by atoms with van der Waals surface area (Å²) in [5.74, 6) is 1.90. The molecule has 0 aliphatic heterocycles. The first kappa shape index (κ1) is 12.0. The van der Waals surface area contributed by atoms with Crippen molar-refractivity contribution in [3.8, 4) is 0 Å². The Balaban J connectivity index is 1.78. The van der Waals surface area contributed by atoms with E-state index in [2.05, 4.69) is 31.2 Å². The Morgan fingerprint density at radius 1 is 1.16 bits per heavy atom. The number of benzene rings is 1. The van der Waals surface area contributed by atoms with Gasteiger partial charge < -0.3 is 5.73 Å². The van der Waals surface area contributed by atoms with E-state index in [9.17, 15) is 0 Å². The van der Waals surface area contributed by atoms with Crippen LogP contribution in [0.2, 0.25) is 0 Å². The lowest BCUT2D eigenvalue weighted by Gasteiger charge is -2.62. The average molecular weight is 255 g/mol. The molecule has 4 fully saturated rings. The third-order valence-corrected chi connectivity index (χ3v) is 6.25. The molecule has 1 aromatic carbocycles. The Morgan fingerprint density at radius 3 is 2.53 bits per heavy atom. The molecule has 4 aliphatic carbocycles. The minimum absolute atomic E-state index is 0.468. The van der Waals surface area contributed by atoms with Gasteiger partial charge in [-0.25, -0.2) is 0 Å². The normalized spacial score (nSPS) is 43.7. The molecule has 2 atom stereocenters. The van der Waals surface area contributed by atoms with Gasteiger partial charge in [-0.2, -0.15) is 0 Å². The topological polar surface area (TPSA) is 26.0 Å². The molecule has 2 N–H and O–H groups in total. The molecule has 4 aliphatic rings. The Bertz CT molecular complexity index is 490. The van der Waals surface area contributed by atoms with Gasteiger partial charge in [0.1, 0.15) is 0 Å². The van der Waals surface area contributed by atoms with Crippen LogP contribution in [0.1, 0.15) is 49.7 Å². The van der Waals surface area contributed by atoms with E-state index < -0.39 is 0 Å². The molecule has 2 unspecified atom stereocenters. The van der Waals surface area contributed by atoms with Crippen molar-refractivity contribution < 1.29 is 0 Å². The van der Waals surface area contributed by atoms with Gasteiger partial charge in [-0.05, 0) is 80.2 Å². The van der Waals surface area contributed by atoms with E-state index in [4.69, 9.17) is 5.73 Å². The highest BCUT2D eigenvalue weighted by Crippen LogP contribution is 2.65. The van der Waals surface area contributed by atoms with Gasteiger partial charge in [0.2, 0.25) is 0 Å². The fourth-order valence-electron chi connectivity index (χ4n) is 6.00. The SMILES string of the molecule is Cc1cccc(C23CC4CC(CC(CN)(C4)C2)C3)c1. The van der Waals surface area contributed by atoms with E-state index in [1.807, 2.05) is 0 Å². The quantitative estimate of drug-likeness (QED) is 0.855. The zero-order chi connectivity index (χ0) is 13.1. The van der Waals surface area contributed by atoms with Gasteiger partial charge in [-0.1, -0.05) is 29.8 Å². The lowest BCUT2D eigenvalue weighted by atomic mass is 9.43. The van der Waals surface area contributed by atoms with Crippen LogP contribution in [0.25, 0.3) is 0 Å². The highest BCUT2D eigenvalue weighted by molar-refractivity contribution is 5.33. The Kier molecular flexibility index (Phi) is 2.42. The number of hydrogen-bond donors (Lipinski definition) is 1. The second-order valence-corrected chi connectivity index (χ2v) is 7.81. The highest BCUT2D eigenvalue weighted by atomic mass is 14.7. The van der Waals surface area contributed by atoms with Gasteiger partial charge in [0.25, 0.3) is 0 Å². The predicted molar refractivity (Wildman–Crippen MR) is 79.0 cm³/mol. The Labute approximate surface area is 116 Å². The van der Waals surface area contributed by atoms with Crippen molar-refractivity contribution in [2.45, 2.75) is 50.9 Å². The zero-order valence-electron chi connectivity index (χ0n) is 12.0. The number of hydrogen-bond acceptors (Lipinski definition) is 1. The van der Waals surface area contributed by atoms with E-state index >= 15 is 0 Å². The van der Waals surface area contributed by atoms with Gasteiger partial charge in [-0.3, -0.25) is 0 Å². The predicted octanol–water partition coefficient (Wildman–Crippen LogP) is 3.79. The van der Waals surface area contributed by atoms with Crippen LogP contribution in [0.5, 0.6) is 0 Å². The van der Waals surface area contributed by atoms with Gasteiger partial charge in [0.15, 0.2) is 0 Å². The first-order chi connectivity index (χ1) is 9.13. The van der Waals surface area contributed by atoms with Crippen LogP contribution in [0.3, 0.4) is 0 Å². The van der Waals surface area contributed by atoms with Crippen molar-refractivity contribution in [3.63, 3.8) is 0 Å². The van der Waals surface area contributed by atoms with Crippen molar-refractivity contribution in [1.29, 1.82) is 0 Å². The Morgan fingerprint density at radius 2 is 1.89 bits per heavy atom. The second kappa shape index (κ2) is 3.85. The maximum Gasteiger partial charge on any atom is -0.00200 e. The van der Waals surface area contributed by atoms with Crippen molar-refractivity contribution in [3.05, 3.63) is 35.4 Å². The molecular weight excluding hydrogens is 230 g/mol. The highest BCUT2D eigenvalue weighted by Gasteiger charge is 2.57. The van der Waals surface area contributed by atoms with Crippen LogP contribution in [0.15, 0.2) is 24.3 Å². The van der Waals surface area contributed by atoms with Crippen LogP contribution < -0.4 is 5.73 Å². The maximum atomic E-state index is 6.19. The van der Waals surface area contributed by atoms with Crippen molar-refractivity contribution in [2.24, 2.45) is 23.0 Å². The largest absolute Gasteiger partial charge is 0.330 e. The molecule has 0 saturated heterocycles. The molecule has 102 valence electrons. The van der Waals surface area contributed by atoms with Gasteiger partial charge in [0, 0.05) is 0 Å². The van der Waals surface area contributed by atoms with Gasteiger partial charge in [0.05, 0.1) is 0 Å². The smallest absolute Gasteiger partial charge is 0.00200 e. The summed E-state index contributed by atoms with van der Waals surface area (Å²) in [7, 11) is 0. The van der Waals surface area contributed by atoms with Crippen molar-refractivity contribution in [1.82, 2.24) is 0 Å². The monoisotopic (exact) mass is 255 g/mol. The van der Waals surface area contributed by atoms with Crippen LogP contribution in [0.4, 0.5) is 0 Å². The number of nitrogens with two attached hydrogens (primary N) is 1. The van der Waals surface area contributed by atoms with Gasteiger partial charge >= 0.3 is 0 Å². The molecule has 0 heterocycles. The molecule has 4 saturated carbocycles. The fraction of sp³-hybridized carbons (Fsp3) is 0.667. The van der Waals surface area contributed by atoms with Crippen LogP contribution >= 0.6 is 0 Å². The number of rotatable bonds is 2. The van der Waals surface area contributed by atoms with Crippen molar-refractivity contribution >= 4 is 0 Å². The molecule has 0 amide bonds. The standard InChI is InChI=1S/C18H25N/c1-13-3-2-4-16(5-13)18-9-14-6-15(10-18)8-17(7-14,11-18)12-19/h2-5,14-15H,6-12,19H2,1H3. The van der Waals surface area contributed by atoms with Crippen LogP contribution in [-0.4, -0.2) is 6.54 Å². The van der Waals surface area contributed by atoms with E-state index in [0.29, 0.717) is 10.8 Å². The molecule has 19 heavy (non-hydrogen) atoms. The van der Waals surface area contributed by atoms with Crippen molar-refractivity contribution in [2.75, 3.05) is 6.54 Å².